The topological polar surface area (TPSA) is 38.7 Å². The van der Waals surface area contributed by atoms with Crippen LogP contribution in [0.3, 0.4) is 0 Å². The van der Waals surface area contributed by atoms with Crippen molar-refractivity contribution in [1.29, 1.82) is 0 Å². The molecule has 0 radical (unpaired) electrons. The van der Waals surface area contributed by atoms with Crippen molar-refractivity contribution in [3.8, 4) is 67.5 Å². The van der Waals surface area contributed by atoms with E-state index in [2.05, 4.69) is 212 Å². The molecule has 58 heavy (non-hydrogen) atoms. The number of rotatable bonds is 6. The van der Waals surface area contributed by atoms with Gasteiger partial charge in [-0.1, -0.05) is 194 Å². The summed E-state index contributed by atoms with van der Waals surface area (Å²) in [7, 11) is 0. The quantitative estimate of drug-likeness (QED) is 0.160. The molecule has 0 aliphatic carbocycles. The molecule has 11 rings (SSSR count). The van der Waals surface area contributed by atoms with Gasteiger partial charge >= 0.3 is 0 Å². The van der Waals surface area contributed by atoms with Crippen LogP contribution in [0.25, 0.3) is 111 Å². The predicted molar refractivity (Wildman–Crippen MR) is 242 cm³/mol. The monoisotopic (exact) mass is 737 g/mol. The van der Waals surface area contributed by atoms with Crippen LogP contribution < -0.4 is 0 Å². The van der Waals surface area contributed by atoms with Gasteiger partial charge in [0.2, 0.25) is 0 Å². The third kappa shape index (κ3) is 6.16. The highest BCUT2D eigenvalue weighted by Gasteiger charge is 2.15. The van der Waals surface area contributed by atoms with E-state index in [4.69, 9.17) is 15.0 Å². The van der Waals surface area contributed by atoms with Crippen LogP contribution in [-0.4, -0.2) is 15.0 Å². The minimum absolute atomic E-state index is 0.632. The van der Waals surface area contributed by atoms with Crippen LogP contribution in [0.4, 0.5) is 0 Å². The van der Waals surface area contributed by atoms with E-state index in [1.807, 2.05) is 0 Å². The van der Waals surface area contributed by atoms with E-state index >= 15 is 0 Å². The molecule has 0 fully saturated rings. The Labute approximate surface area is 336 Å². The minimum atomic E-state index is 0.632. The van der Waals surface area contributed by atoms with Crippen molar-refractivity contribution in [1.82, 2.24) is 15.0 Å². The summed E-state index contributed by atoms with van der Waals surface area (Å²) in [5.74, 6) is 1.90. The van der Waals surface area contributed by atoms with Gasteiger partial charge in [-0.2, -0.15) is 0 Å². The lowest BCUT2D eigenvalue weighted by Gasteiger charge is -2.12. The minimum Gasteiger partial charge on any atom is -0.208 e. The molecule has 0 saturated heterocycles. The Morgan fingerprint density at radius 3 is 1.03 bits per heavy atom. The average Bonchev–Trinajstić information content (AvgIpc) is 3.31. The van der Waals surface area contributed by atoms with Crippen molar-refractivity contribution in [3.05, 3.63) is 212 Å². The molecular formula is C55H35N3. The maximum atomic E-state index is 5.11. The highest BCUT2D eigenvalue weighted by molar-refractivity contribution is 6.13. The molecule has 0 aliphatic heterocycles. The van der Waals surface area contributed by atoms with Crippen LogP contribution in [0.5, 0.6) is 0 Å². The van der Waals surface area contributed by atoms with Crippen molar-refractivity contribution >= 4 is 43.1 Å². The molecule has 270 valence electrons. The second kappa shape index (κ2) is 14.1. The molecule has 11 aromatic rings. The van der Waals surface area contributed by atoms with Crippen molar-refractivity contribution in [2.24, 2.45) is 0 Å². The molecule has 10 aromatic carbocycles. The molecular weight excluding hydrogens is 703 g/mol. The van der Waals surface area contributed by atoms with Gasteiger partial charge in [-0.05, 0) is 94.7 Å². The molecule has 0 amide bonds. The van der Waals surface area contributed by atoms with Crippen LogP contribution >= 0.6 is 0 Å². The maximum Gasteiger partial charge on any atom is 0.164 e. The summed E-state index contributed by atoms with van der Waals surface area (Å²) in [6.45, 7) is 0. The molecule has 1 aromatic heterocycles. The Bertz CT molecular complexity index is 3170. The zero-order valence-electron chi connectivity index (χ0n) is 31.5. The summed E-state index contributed by atoms with van der Waals surface area (Å²) in [5.41, 5.74) is 9.78. The Kier molecular flexibility index (Phi) is 8.15. The first-order chi connectivity index (χ1) is 28.7. The molecule has 0 saturated carbocycles. The lowest BCUT2D eigenvalue weighted by atomic mass is 9.93. The SMILES string of the molecule is c1ccc2cc(-c3ccc(-c4nc(-c5ccc(-c6ccc7ccccc7c6)cc5)nc(-c5ccc(-c6cc7ccccc7c7ccccc67)cc5)n4)cc3)ccc2c1. The second-order valence-corrected chi connectivity index (χ2v) is 14.9. The van der Waals surface area contributed by atoms with Crippen molar-refractivity contribution in [2.75, 3.05) is 0 Å². The molecule has 1 heterocycles. The fraction of sp³-hybridized carbons (Fsp3) is 0. The van der Waals surface area contributed by atoms with E-state index in [9.17, 15) is 0 Å². The molecule has 0 unspecified atom stereocenters. The zero-order valence-corrected chi connectivity index (χ0v) is 31.5. The lowest BCUT2D eigenvalue weighted by Crippen LogP contribution is -2.00. The Morgan fingerprint density at radius 1 is 0.207 bits per heavy atom. The number of benzene rings is 10. The number of nitrogens with zero attached hydrogens (tertiary/aromatic N) is 3. The van der Waals surface area contributed by atoms with Gasteiger partial charge in [0.25, 0.3) is 0 Å². The Balaban J connectivity index is 0.986. The largest absolute Gasteiger partial charge is 0.208 e. The van der Waals surface area contributed by atoms with Gasteiger partial charge in [-0.15, -0.1) is 0 Å². The first-order valence-electron chi connectivity index (χ1n) is 19.7. The highest BCUT2D eigenvalue weighted by Crippen LogP contribution is 2.36. The van der Waals surface area contributed by atoms with Gasteiger partial charge in [0.15, 0.2) is 17.5 Å². The van der Waals surface area contributed by atoms with Gasteiger partial charge < -0.3 is 0 Å². The summed E-state index contributed by atoms with van der Waals surface area (Å²) >= 11 is 0. The Morgan fingerprint density at radius 2 is 0.552 bits per heavy atom. The molecule has 3 heteroatoms. The predicted octanol–water partition coefficient (Wildman–Crippen LogP) is 14.5. The average molecular weight is 738 g/mol. The van der Waals surface area contributed by atoms with E-state index in [0.717, 1.165) is 33.4 Å². The molecule has 0 N–H and O–H groups in total. The summed E-state index contributed by atoms with van der Waals surface area (Å²) in [5, 5.41) is 9.89. The molecule has 0 bridgehead atoms. The van der Waals surface area contributed by atoms with E-state index in [1.54, 1.807) is 0 Å². The van der Waals surface area contributed by atoms with Crippen LogP contribution in [0.1, 0.15) is 0 Å². The number of fused-ring (bicyclic) bond motifs is 5. The maximum absolute atomic E-state index is 5.11. The van der Waals surface area contributed by atoms with Crippen LogP contribution in [-0.2, 0) is 0 Å². The van der Waals surface area contributed by atoms with E-state index in [0.29, 0.717) is 17.5 Å². The summed E-state index contributed by atoms with van der Waals surface area (Å²) in [4.78, 5) is 15.3. The van der Waals surface area contributed by atoms with Gasteiger partial charge in [-0.3, -0.25) is 0 Å². The number of hydrogen-bond acceptors (Lipinski definition) is 3. The van der Waals surface area contributed by atoms with Crippen LogP contribution in [0.15, 0.2) is 212 Å². The van der Waals surface area contributed by atoms with E-state index < -0.39 is 0 Å². The molecule has 0 aliphatic rings. The van der Waals surface area contributed by atoms with Crippen LogP contribution in [0, 0.1) is 0 Å². The lowest BCUT2D eigenvalue weighted by molar-refractivity contribution is 1.07. The van der Waals surface area contributed by atoms with Crippen molar-refractivity contribution in [2.45, 2.75) is 0 Å². The van der Waals surface area contributed by atoms with Gasteiger partial charge in [0.05, 0.1) is 0 Å². The first kappa shape index (κ1) is 33.6. The smallest absolute Gasteiger partial charge is 0.164 e. The molecule has 3 nitrogen and oxygen atoms in total. The summed E-state index contributed by atoms with van der Waals surface area (Å²) in [6.07, 6.45) is 0. The summed E-state index contributed by atoms with van der Waals surface area (Å²) in [6, 6.07) is 75.5. The van der Waals surface area contributed by atoms with Crippen molar-refractivity contribution < 1.29 is 0 Å². The third-order valence-electron chi connectivity index (χ3n) is 11.3. The van der Waals surface area contributed by atoms with Gasteiger partial charge in [0.1, 0.15) is 0 Å². The van der Waals surface area contributed by atoms with Gasteiger partial charge in [-0.25, -0.2) is 15.0 Å². The number of aromatic nitrogens is 3. The van der Waals surface area contributed by atoms with Crippen molar-refractivity contribution in [3.63, 3.8) is 0 Å². The van der Waals surface area contributed by atoms with E-state index in [-0.39, 0.29) is 0 Å². The highest BCUT2D eigenvalue weighted by atomic mass is 15.0. The fourth-order valence-corrected chi connectivity index (χ4v) is 8.22. The van der Waals surface area contributed by atoms with Crippen LogP contribution in [0.2, 0.25) is 0 Å². The normalized spacial score (nSPS) is 11.4. The first-order valence-corrected chi connectivity index (χ1v) is 19.7. The second-order valence-electron chi connectivity index (χ2n) is 14.9. The number of hydrogen-bond donors (Lipinski definition) is 0. The van der Waals surface area contributed by atoms with Gasteiger partial charge in [0, 0.05) is 16.7 Å². The molecule has 0 spiro atoms. The molecule has 0 atom stereocenters. The van der Waals surface area contributed by atoms with E-state index in [1.165, 1.54) is 59.8 Å². The fourth-order valence-electron chi connectivity index (χ4n) is 8.22. The Hall–Kier alpha value is -7.75. The standard InChI is InChI=1S/C55H35N3/c1-3-11-44-33-46(31-21-36(44)9-1)38-17-25-41(26-18-38)53-56-54(42-27-19-39(20-28-42)47-32-22-37-10-2-4-12-45(37)34-47)58-55(57-53)43-29-23-40(24-30-43)52-35-48-13-5-6-14-49(48)50-15-7-8-16-51(50)52/h1-35H. The zero-order chi connectivity index (χ0) is 38.4. The third-order valence-corrected chi connectivity index (χ3v) is 11.3. The summed E-state index contributed by atoms with van der Waals surface area (Å²) < 4.78 is 0.